The number of amides is 1. The highest BCUT2D eigenvalue weighted by molar-refractivity contribution is 6.31. The van der Waals surface area contributed by atoms with E-state index in [1.54, 1.807) is 0 Å². The highest BCUT2D eigenvalue weighted by Gasteiger charge is 2.61. The molecule has 5 aromatic rings. The molecule has 3 atom stereocenters. The molecule has 0 unspecified atom stereocenters. The maximum absolute atomic E-state index is 13.2. The van der Waals surface area contributed by atoms with Crippen LogP contribution in [0, 0.1) is 0 Å². The van der Waals surface area contributed by atoms with Gasteiger partial charge in [-0.05, 0) is 24.6 Å². The summed E-state index contributed by atoms with van der Waals surface area (Å²) in [5, 5.41) is 34.5. The highest BCUT2D eigenvalue weighted by atomic mass is 16.7. The molecule has 11 nitrogen and oxygen atoms in total. The summed E-state index contributed by atoms with van der Waals surface area (Å²) >= 11 is 0. The zero-order valence-electron chi connectivity index (χ0n) is 22.0. The number of para-hydroxylation sites is 2. The second kappa shape index (κ2) is 8.40. The molecule has 8 rings (SSSR count). The van der Waals surface area contributed by atoms with Crippen LogP contribution in [0.1, 0.15) is 35.5 Å². The van der Waals surface area contributed by atoms with Crippen molar-refractivity contribution in [3.05, 3.63) is 71.8 Å². The molecule has 3 aliphatic heterocycles. The Labute approximate surface area is 231 Å². The molecule has 1 amide bonds. The molecule has 2 aromatic heterocycles. The van der Waals surface area contributed by atoms with E-state index < -0.39 is 29.7 Å². The third-order valence-electron chi connectivity index (χ3n) is 8.48. The number of carbonyl (C=O) groups is 3. The molecule has 3 aromatic carbocycles. The smallest absolute Gasteiger partial charge is 0.328 e. The Morgan fingerprint density at radius 3 is 2.24 bits per heavy atom. The lowest BCUT2D eigenvalue weighted by atomic mass is 9.96. The fourth-order valence-electron chi connectivity index (χ4n) is 6.83. The Hall–Kier alpha value is -4.71. The number of aromatic nitrogens is 2. The Bertz CT molecular complexity index is 2000. The maximum Gasteiger partial charge on any atom is 0.328 e. The minimum Gasteiger partial charge on any atom is -0.478 e. The van der Waals surface area contributed by atoms with Crippen molar-refractivity contribution < 1.29 is 39.2 Å². The Morgan fingerprint density at radius 1 is 1.00 bits per heavy atom. The largest absolute Gasteiger partial charge is 0.478 e. The van der Waals surface area contributed by atoms with Gasteiger partial charge in [-0.1, -0.05) is 36.4 Å². The van der Waals surface area contributed by atoms with Crippen LogP contribution in [-0.4, -0.2) is 55.2 Å². The fourth-order valence-corrected chi connectivity index (χ4v) is 6.83. The molecule has 5 heterocycles. The lowest BCUT2D eigenvalue weighted by Crippen LogP contribution is -2.51. The zero-order chi connectivity index (χ0) is 28.8. The number of benzene rings is 3. The number of rotatable bonds is 3. The lowest BCUT2D eigenvalue weighted by molar-refractivity contribution is -0.285. The predicted molar refractivity (Wildman–Crippen MR) is 148 cm³/mol. The number of hydrogen-bond donors (Lipinski definition) is 4. The van der Waals surface area contributed by atoms with Crippen molar-refractivity contribution in [1.82, 2.24) is 14.5 Å². The van der Waals surface area contributed by atoms with Crippen LogP contribution >= 0.6 is 0 Å². The number of methoxy groups -OCH3 is 1. The first kappa shape index (κ1) is 25.3. The van der Waals surface area contributed by atoms with Gasteiger partial charge in [-0.2, -0.15) is 0 Å². The molecule has 0 radical (unpaired) electrons. The van der Waals surface area contributed by atoms with Crippen molar-refractivity contribution in [2.75, 3.05) is 7.11 Å². The summed E-state index contributed by atoms with van der Waals surface area (Å²) in [6.07, 6.45) is 0.932. The van der Waals surface area contributed by atoms with Crippen LogP contribution in [0.2, 0.25) is 0 Å². The summed E-state index contributed by atoms with van der Waals surface area (Å²) in [4.78, 5) is 32.3. The number of aliphatic hydroxyl groups is 1. The molecule has 1 fully saturated rings. The topological polar surface area (TPSA) is 152 Å². The van der Waals surface area contributed by atoms with Crippen LogP contribution in [0.5, 0.6) is 0 Å². The average Bonchev–Trinajstić information content (AvgIpc) is 3.64. The molecule has 0 saturated carbocycles. The number of ether oxygens (including phenoxy) is 2. The van der Waals surface area contributed by atoms with Gasteiger partial charge in [0.05, 0.1) is 34.1 Å². The Balaban J connectivity index is 0.000000306. The molecular formula is C30H25N3O8. The number of nitrogens with zero attached hydrogens (tertiary/aromatic N) is 2. The molecule has 1 saturated heterocycles. The first-order valence-electron chi connectivity index (χ1n) is 13.0. The predicted octanol–water partition coefficient (Wildman–Crippen LogP) is 3.80. The van der Waals surface area contributed by atoms with Gasteiger partial charge in [0.15, 0.2) is 5.72 Å². The summed E-state index contributed by atoms with van der Waals surface area (Å²) in [5.74, 6) is -4.09. The van der Waals surface area contributed by atoms with Gasteiger partial charge in [0, 0.05) is 47.4 Å². The Morgan fingerprint density at radius 2 is 1.61 bits per heavy atom. The SMILES string of the molecule is CO[C@@]1(O)C[C@H]2O[C@]1(C)n1c3ccccc3c3c4c(c5c6ccccc6n2c5c31)C(=O)NC4.O=C(O)/C=C\C(=O)O. The van der Waals surface area contributed by atoms with Gasteiger partial charge in [0.25, 0.3) is 5.91 Å². The Kier molecular flexibility index (Phi) is 5.18. The van der Waals surface area contributed by atoms with E-state index in [2.05, 4.69) is 32.7 Å². The van der Waals surface area contributed by atoms with Crippen molar-refractivity contribution in [3.63, 3.8) is 0 Å². The van der Waals surface area contributed by atoms with Crippen LogP contribution in [-0.2, 0) is 31.3 Å². The van der Waals surface area contributed by atoms with E-state index in [1.165, 1.54) is 7.11 Å². The van der Waals surface area contributed by atoms with Crippen molar-refractivity contribution in [2.24, 2.45) is 0 Å². The quantitative estimate of drug-likeness (QED) is 0.194. The first-order valence-corrected chi connectivity index (χ1v) is 13.0. The van der Waals surface area contributed by atoms with Gasteiger partial charge >= 0.3 is 11.9 Å². The molecule has 0 aliphatic carbocycles. The van der Waals surface area contributed by atoms with Crippen LogP contribution in [0.25, 0.3) is 43.6 Å². The van der Waals surface area contributed by atoms with Crippen molar-refractivity contribution in [1.29, 1.82) is 0 Å². The van der Waals surface area contributed by atoms with Crippen molar-refractivity contribution in [2.45, 2.75) is 37.6 Å². The number of fused-ring (bicyclic) bond motifs is 13. The van der Waals surface area contributed by atoms with E-state index in [1.807, 2.05) is 37.3 Å². The van der Waals surface area contributed by atoms with Crippen LogP contribution in [0.15, 0.2) is 60.7 Å². The third-order valence-corrected chi connectivity index (χ3v) is 8.48. The number of hydrogen-bond acceptors (Lipinski definition) is 6. The van der Waals surface area contributed by atoms with Crippen LogP contribution < -0.4 is 5.32 Å². The summed E-state index contributed by atoms with van der Waals surface area (Å²) in [6, 6.07) is 16.3. The monoisotopic (exact) mass is 555 g/mol. The lowest BCUT2D eigenvalue weighted by Gasteiger charge is -2.38. The molecule has 4 N–H and O–H groups in total. The minimum atomic E-state index is -1.53. The van der Waals surface area contributed by atoms with Gasteiger partial charge < -0.3 is 39.2 Å². The number of carbonyl (C=O) groups excluding carboxylic acids is 1. The molecule has 0 spiro atoms. The standard InChI is InChI=1S/C26H21N3O4.C4H4O4/c1-25-26(31,32-2)11-18(33-25)28-16-9-5-3-7-13(16)20-21-15(12-27-24(21)30)19-14-8-4-6-10-17(14)29(25)23(19)22(20)28;5-3(6)1-2-4(7)8/h3-10,18,31H,11-12H2,1-2H3,(H,27,30);1-2H,(H,5,6)(H,7,8)/b;2-1-/t18-,25+,26+;/m1./s1. The van der Waals surface area contributed by atoms with Crippen molar-refractivity contribution in [3.8, 4) is 0 Å². The third kappa shape index (κ3) is 3.16. The van der Waals surface area contributed by atoms with Crippen molar-refractivity contribution >= 4 is 61.5 Å². The molecule has 208 valence electrons. The minimum absolute atomic E-state index is 0.0402. The first-order chi connectivity index (χ1) is 19.6. The van der Waals surface area contributed by atoms with E-state index in [0.29, 0.717) is 18.7 Å². The van der Waals surface area contributed by atoms with Gasteiger partial charge in [-0.15, -0.1) is 0 Å². The molecule has 41 heavy (non-hydrogen) atoms. The molecule has 3 aliphatic rings. The summed E-state index contributed by atoms with van der Waals surface area (Å²) in [7, 11) is 1.53. The van der Waals surface area contributed by atoms with Gasteiger partial charge in [-0.3, -0.25) is 4.79 Å². The average molecular weight is 556 g/mol. The summed E-state index contributed by atoms with van der Waals surface area (Å²) in [5.41, 5.74) is 4.46. The molecular weight excluding hydrogens is 530 g/mol. The van der Waals surface area contributed by atoms with Gasteiger partial charge in [0.2, 0.25) is 5.79 Å². The normalized spacial score (nSPS) is 24.3. The van der Waals surface area contributed by atoms with E-state index >= 15 is 0 Å². The van der Waals surface area contributed by atoms with E-state index in [4.69, 9.17) is 19.7 Å². The number of carboxylic acids is 2. The van der Waals surface area contributed by atoms with E-state index in [9.17, 15) is 19.5 Å². The fraction of sp³-hybridized carbons (Fsp3) is 0.233. The van der Waals surface area contributed by atoms with E-state index in [-0.39, 0.29) is 12.3 Å². The van der Waals surface area contributed by atoms with Crippen LogP contribution in [0.4, 0.5) is 0 Å². The second-order valence-electron chi connectivity index (χ2n) is 10.5. The number of nitrogens with one attached hydrogen (secondary N) is 1. The van der Waals surface area contributed by atoms with Gasteiger partial charge in [-0.25, -0.2) is 9.59 Å². The highest BCUT2D eigenvalue weighted by Crippen LogP contribution is 2.57. The van der Waals surface area contributed by atoms with E-state index in [0.717, 1.165) is 54.7 Å². The van der Waals surface area contributed by atoms with Gasteiger partial charge in [0.1, 0.15) is 6.23 Å². The maximum atomic E-state index is 13.2. The number of carboxylic acid groups (broad SMARTS) is 2. The zero-order valence-corrected chi connectivity index (χ0v) is 22.0. The molecule has 11 heteroatoms. The number of aliphatic carboxylic acids is 2. The summed E-state index contributed by atoms with van der Waals surface area (Å²) < 4.78 is 16.7. The molecule has 2 bridgehead atoms. The van der Waals surface area contributed by atoms with Crippen LogP contribution in [0.3, 0.4) is 0 Å². The second-order valence-corrected chi connectivity index (χ2v) is 10.5. The summed E-state index contributed by atoms with van der Waals surface area (Å²) in [6.45, 7) is 2.38.